The number of rotatable bonds is 2. The molecule has 1 heterocycles. The van der Waals surface area contributed by atoms with Crippen LogP contribution in [0.15, 0.2) is 34.9 Å². The SMILES string of the molecule is Cc1cc(Oc2ccc(Cl)cc2Cl)ncc1Br. The highest BCUT2D eigenvalue weighted by Crippen LogP contribution is 2.31. The number of hydrogen-bond donors (Lipinski definition) is 0. The normalized spacial score (nSPS) is 10.4. The molecule has 0 fully saturated rings. The molecule has 0 N–H and O–H groups in total. The molecule has 0 spiro atoms. The molecule has 88 valence electrons. The highest BCUT2D eigenvalue weighted by molar-refractivity contribution is 9.10. The molecule has 0 amide bonds. The number of pyridine rings is 1. The third kappa shape index (κ3) is 3.12. The Morgan fingerprint density at radius 1 is 1.24 bits per heavy atom. The molecule has 5 heteroatoms. The van der Waals surface area contributed by atoms with E-state index in [9.17, 15) is 0 Å². The Bertz CT molecular complexity index is 560. The number of hydrogen-bond acceptors (Lipinski definition) is 2. The Balaban J connectivity index is 2.28. The van der Waals surface area contributed by atoms with E-state index in [0.29, 0.717) is 21.7 Å². The van der Waals surface area contributed by atoms with Gasteiger partial charge in [0.25, 0.3) is 0 Å². The van der Waals surface area contributed by atoms with Gasteiger partial charge in [-0.2, -0.15) is 0 Å². The van der Waals surface area contributed by atoms with Crippen LogP contribution in [-0.4, -0.2) is 4.98 Å². The fourth-order valence-corrected chi connectivity index (χ4v) is 1.90. The van der Waals surface area contributed by atoms with Gasteiger partial charge in [-0.05, 0) is 46.6 Å². The molecule has 0 unspecified atom stereocenters. The van der Waals surface area contributed by atoms with Crippen molar-refractivity contribution in [3.8, 4) is 11.6 Å². The zero-order chi connectivity index (χ0) is 12.4. The summed E-state index contributed by atoms with van der Waals surface area (Å²) in [5, 5.41) is 1.03. The van der Waals surface area contributed by atoms with Crippen molar-refractivity contribution in [1.29, 1.82) is 0 Å². The van der Waals surface area contributed by atoms with Crippen molar-refractivity contribution in [3.05, 3.63) is 50.5 Å². The van der Waals surface area contributed by atoms with Crippen molar-refractivity contribution in [3.63, 3.8) is 0 Å². The largest absolute Gasteiger partial charge is 0.437 e. The minimum atomic E-state index is 0.458. The minimum absolute atomic E-state index is 0.458. The molecule has 1 aromatic heterocycles. The van der Waals surface area contributed by atoms with E-state index in [1.54, 1.807) is 24.4 Å². The summed E-state index contributed by atoms with van der Waals surface area (Å²) in [7, 11) is 0. The first-order valence-electron chi connectivity index (χ1n) is 4.81. The van der Waals surface area contributed by atoms with Crippen molar-refractivity contribution in [2.45, 2.75) is 6.92 Å². The van der Waals surface area contributed by atoms with Gasteiger partial charge in [0.1, 0.15) is 5.75 Å². The van der Waals surface area contributed by atoms with Crippen LogP contribution in [0.3, 0.4) is 0 Å². The van der Waals surface area contributed by atoms with E-state index in [2.05, 4.69) is 20.9 Å². The van der Waals surface area contributed by atoms with Crippen LogP contribution < -0.4 is 4.74 Å². The molecule has 0 atom stereocenters. The Kier molecular flexibility index (Phi) is 3.92. The van der Waals surface area contributed by atoms with Crippen LogP contribution >= 0.6 is 39.1 Å². The van der Waals surface area contributed by atoms with Crippen LogP contribution in [0, 0.1) is 6.92 Å². The summed E-state index contributed by atoms with van der Waals surface area (Å²) < 4.78 is 6.51. The van der Waals surface area contributed by atoms with Gasteiger partial charge in [0.15, 0.2) is 0 Å². The Morgan fingerprint density at radius 3 is 2.65 bits per heavy atom. The minimum Gasteiger partial charge on any atom is -0.437 e. The van der Waals surface area contributed by atoms with Crippen LogP contribution in [0.5, 0.6) is 11.6 Å². The molecule has 0 aliphatic rings. The number of aromatic nitrogens is 1. The van der Waals surface area contributed by atoms with E-state index in [1.807, 2.05) is 13.0 Å². The van der Waals surface area contributed by atoms with Crippen molar-refractivity contribution >= 4 is 39.1 Å². The Hall–Kier alpha value is -0.770. The van der Waals surface area contributed by atoms with E-state index in [-0.39, 0.29) is 0 Å². The molecular weight excluding hydrogens is 325 g/mol. The summed E-state index contributed by atoms with van der Waals surface area (Å²) in [6.07, 6.45) is 1.69. The van der Waals surface area contributed by atoms with Gasteiger partial charge in [0.05, 0.1) is 5.02 Å². The van der Waals surface area contributed by atoms with Crippen LogP contribution in [0.2, 0.25) is 10.0 Å². The molecular formula is C12H8BrCl2NO. The molecule has 2 rings (SSSR count). The van der Waals surface area contributed by atoms with Crippen molar-refractivity contribution < 1.29 is 4.74 Å². The lowest BCUT2D eigenvalue weighted by atomic mass is 10.3. The lowest BCUT2D eigenvalue weighted by molar-refractivity contribution is 0.462. The van der Waals surface area contributed by atoms with E-state index in [0.717, 1.165) is 10.0 Å². The van der Waals surface area contributed by atoms with Gasteiger partial charge in [-0.1, -0.05) is 23.2 Å². The second kappa shape index (κ2) is 5.25. The number of halogens is 3. The summed E-state index contributed by atoms with van der Waals surface area (Å²) in [4.78, 5) is 4.14. The highest BCUT2D eigenvalue weighted by atomic mass is 79.9. The van der Waals surface area contributed by atoms with Crippen molar-refractivity contribution in [1.82, 2.24) is 4.98 Å². The number of ether oxygens (including phenoxy) is 1. The topological polar surface area (TPSA) is 22.1 Å². The molecule has 2 aromatic rings. The van der Waals surface area contributed by atoms with Gasteiger partial charge < -0.3 is 4.74 Å². The molecule has 0 aliphatic carbocycles. The second-order valence-electron chi connectivity index (χ2n) is 3.45. The second-order valence-corrected chi connectivity index (χ2v) is 5.15. The van der Waals surface area contributed by atoms with Gasteiger partial charge in [0.2, 0.25) is 5.88 Å². The summed E-state index contributed by atoms with van der Waals surface area (Å²) >= 11 is 15.2. The lowest BCUT2D eigenvalue weighted by Gasteiger charge is -2.07. The summed E-state index contributed by atoms with van der Waals surface area (Å²) in [6, 6.07) is 6.89. The smallest absolute Gasteiger partial charge is 0.219 e. The van der Waals surface area contributed by atoms with Crippen molar-refractivity contribution in [2.24, 2.45) is 0 Å². The van der Waals surface area contributed by atoms with Gasteiger partial charge in [-0.15, -0.1) is 0 Å². The third-order valence-corrected chi connectivity index (χ3v) is 3.49. The van der Waals surface area contributed by atoms with Gasteiger partial charge in [0, 0.05) is 21.8 Å². The average molecular weight is 333 g/mol. The van der Waals surface area contributed by atoms with Crippen LogP contribution in [0.4, 0.5) is 0 Å². The van der Waals surface area contributed by atoms with Gasteiger partial charge >= 0.3 is 0 Å². The maximum Gasteiger partial charge on any atom is 0.219 e. The molecule has 1 aromatic carbocycles. The van der Waals surface area contributed by atoms with Gasteiger partial charge in [-0.25, -0.2) is 4.98 Å². The van der Waals surface area contributed by atoms with E-state index >= 15 is 0 Å². The van der Waals surface area contributed by atoms with Crippen LogP contribution in [0.25, 0.3) is 0 Å². The maximum atomic E-state index is 6.00. The third-order valence-electron chi connectivity index (χ3n) is 2.13. The van der Waals surface area contributed by atoms with E-state index in [1.165, 1.54) is 0 Å². The monoisotopic (exact) mass is 331 g/mol. The standard InChI is InChI=1S/C12H8BrCl2NO/c1-7-4-12(16-6-9(7)13)17-11-3-2-8(14)5-10(11)15/h2-6H,1H3. The van der Waals surface area contributed by atoms with Gasteiger partial charge in [-0.3, -0.25) is 0 Å². The highest BCUT2D eigenvalue weighted by Gasteiger charge is 2.06. The van der Waals surface area contributed by atoms with E-state index in [4.69, 9.17) is 27.9 Å². The fourth-order valence-electron chi connectivity index (χ4n) is 1.24. The van der Waals surface area contributed by atoms with Crippen molar-refractivity contribution in [2.75, 3.05) is 0 Å². The molecule has 0 bridgehead atoms. The van der Waals surface area contributed by atoms with Crippen LogP contribution in [-0.2, 0) is 0 Å². The number of benzene rings is 1. The van der Waals surface area contributed by atoms with E-state index < -0.39 is 0 Å². The predicted octanol–water partition coefficient (Wildman–Crippen LogP) is 5.25. The molecule has 0 saturated heterocycles. The first-order chi connectivity index (χ1) is 8.06. The number of aryl methyl sites for hydroxylation is 1. The molecule has 0 aliphatic heterocycles. The average Bonchev–Trinajstić information content (AvgIpc) is 2.27. The molecule has 0 saturated carbocycles. The summed E-state index contributed by atoms with van der Waals surface area (Å²) in [6.45, 7) is 1.96. The molecule has 17 heavy (non-hydrogen) atoms. The maximum absolute atomic E-state index is 6.00. The zero-order valence-electron chi connectivity index (χ0n) is 8.88. The predicted molar refractivity (Wildman–Crippen MR) is 73.2 cm³/mol. The Morgan fingerprint density at radius 2 is 2.00 bits per heavy atom. The fraction of sp³-hybridized carbons (Fsp3) is 0.0833. The zero-order valence-corrected chi connectivity index (χ0v) is 12.0. The lowest BCUT2D eigenvalue weighted by Crippen LogP contribution is -1.90. The Labute approximate surface area is 118 Å². The number of nitrogens with zero attached hydrogens (tertiary/aromatic N) is 1. The first-order valence-corrected chi connectivity index (χ1v) is 6.36. The summed E-state index contributed by atoms with van der Waals surface area (Å²) in [5.74, 6) is 1.03. The molecule has 2 nitrogen and oxygen atoms in total. The molecule has 0 radical (unpaired) electrons. The quantitative estimate of drug-likeness (QED) is 0.749. The van der Waals surface area contributed by atoms with Crippen LogP contribution in [0.1, 0.15) is 5.56 Å². The first kappa shape index (κ1) is 12.7. The summed E-state index contributed by atoms with van der Waals surface area (Å²) in [5.41, 5.74) is 1.04.